The lowest BCUT2D eigenvalue weighted by molar-refractivity contribution is -0.126. The molecule has 0 spiro atoms. The van der Waals surface area contributed by atoms with Crippen LogP contribution in [0.25, 0.3) is 0 Å². The summed E-state index contributed by atoms with van der Waals surface area (Å²) in [6.07, 6.45) is 1.28. The standard InChI is InChI=1S/C26H28N2O4S/c1-32-23-14-16-24(17-15-23)33(30,31)28-18-8-13-22(19-28)26(29)27-25(20-9-4-2-5-10-20)21-11-6-3-7-12-21/h2-7,9-12,14-17,22,25H,8,13,18-19H2,1H3,(H,27,29)/t22-/m0/s1. The summed E-state index contributed by atoms with van der Waals surface area (Å²) in [5.74, 6) is 0.0433. The zero-order valence-corrected chi connectivity index (χ0v) is 19.4. The number of rotatable bonds is 7. The molecule has 0 bridgehead atoms. The number of nitrogens with zero attached hydrogens (tertiary/aromatic N) is 1. The van der Waals surface area contributed by atoms with Gasteiger partial charge in [0.1, 0.15) is 5.75 Å². The van der Waals surface area contributed by atoms with Gasteiger partial charge in [-0.1, -0.05) is 60.7 Å². The van der Waals surface area contributed by atoms with Crippen LogP contribution in [0.1, 0.15) is 30.0 Å². The van der Waals surface area contributed by atoms with Gasteiger partial charge in [-0.05, 0) is 48.2 Å². The molecule has 3 aromatic rings. The van der Waals surface area contributed by atoms with Gasteiger partial charge in [0, 0.05) is 13.1 Å². The fourth-order valence-corrected chi connectivity index (χ4v) is 5.71. The molecule has 0 aliphatic carbocycles. The molecule has 1 N–H and O–H groups in total. The van der Waals surface area contributed by atoms with Crippen molar-refractivity contribution in [3.05, 3.63) is 96.1 Å². The molecule has 0 aromatic heterocycles. The maximum Gasteiger partial charge on any atom is 0.243 e. The number of amides is 1. The second kappa shape index (κ2) is 10.2. The first-order chi connectivity index (χ1) is 16.0. The van der Waals surface area contributed by atoms with E-state index in [1.807, 2.05) is 60.7 Å². The third-order valence-corrected chi connectivity index (χ3v) is 7.88. The SMILES string of the molecule is COc1ccc(S(=O)(=O)N2CCC[C@H](C(=O)NC(c3ccccc3)c3ccccc3)C2)cc1. The highest BCUT2D eigenvalue weighted by Gasteiger charge is 2.34. The van der Waals surface area contributed by atoms with E-state index in [9.17, 15) is 13.2 Å². The molecule has 0 radical (unpaired) electrons. The average molecular weight is 465 g/mol. The van der Waals surface area contributed by atoms with Gasteiger partial charge in [-0.15, -0.1) is 0 Å². The molecule has 7 heteroatoms. The van der Waals surface area contributed by atoms with Crippen LogP contribution in [0.2, 0.25) is 0 Å². The molecule has 1 atom stereocenters. The summed E-state index contributed by atoms with van der Waals surface area (Å²) < 4.78 is 32.9. The molecule has 1 amide bonds. The van der Waals surface area contributed by atoms with Crippen molar-refractivity contribution < 1.29 is 17.9 Å². The van der Waals surface area contributed by atoms with Crippen LogP contribution >= 0.6 is 0 Å². The minimum atomic E-state index is -3.69. The van der Waals surface area contributed by atoms with Gasteiger partial charge in [0.25, 0.3) is 0 Å². The largest absolute Gasteiger partial charge is 0.497 e. The van der Waals surface area contributed by atoms with Crippen molar-refractivity contribution >= 4 is 15.9 Å². The molecular formula is C26H28N2O4S. The number of nitrogens with one attached hydrogen (secondary N) is 1. The van der Waals surface area contributed by atoms with Crippen molar-refractivity contribution in [3.8, 4) is 5.75 Å². The van der Waals surface area contributed by atoms with E-state index in [0.29, 0.717) is 25.1 Å². The first kappa shape index (κ1) is 23.0. The number of ether oxygens (including phenoxy) is 1. The molecule has 3 aromatic carbocycles. The molecule has 33 heavy (non-hydrogen) atoms. The van der Waals surface area contributed by atoms with Gasteiger partial charge < -0.3 is 10.1 Å². The van der Waals surface area contributed by atoms with Crippen LogP contribution in [-0.2, 0) is 14.8 Å². The number of hydrogen-bond donors (Lipinski definition) is 1. The van der Waals surface area contributed by atoms with Gasteiger partial charge in [-0.25, -0.2) is 8.42 Å². The molecule has 6 nitrogen and oxygen atoms in total. The second-order valence-corrected chi connectivity index (χ2v) is 10.1. The summed E-state index contributed by atoms with van der Waals surface area (Å²) in [4.78, 5) is 13.5. The Balaban J connectivity index is 1.51. The first-order valence-corrected chi connectivity index (χ1v) is 12.5. The van der Waals surface area contributed by atoms with Crippen molar-refractivity contribution in [1.82, 2.24) is 9.62 Å². The third-order valence-electron chi connectivity index (χ3n) is 6.00. The molecule has 1 fully saturated rings. The Morgan fingerprint density at radius 3 is 2.06 bits per heavy atom. The lowest BCUT2D eigenvalue weighted by atomic mass is 9.95. The Hall–Kier alpha value is -3.16. The van der Waals surface area contributed by atoms with E-state index < -0.39 is 15.9 Å². The number of piperidine rings is 1. The van der Waals surface area contributed by atoms with Gasteiger partial charge in [-0.2, -0.15) is 4.31 Å². The molecule has 0 unspecified atom stereocenters. The van der Waals surface area contributed by atoms with Crippen molar-refractivity contribution in [2.45, 2.75) is 23.8 Å². The maximum atomic E-state index is 13.3. The van der Waals surface area contributed by atoms with E-state index in [4.69, 9.17) is 4.74 Å². The van der Waals surface area contributed by atoms with Gasteiger partial charge in [0.15, 0.2) is 0 Å². The highest BCUT2D eigenvalue weighted by atomic mass is 32.2. The summed E-state index contributed by atoms with van der Waals surface area (Å²) in [7, 11) is -2.15. The summed E-state index contributed by atoms with van der Waals surface area (Å²) in [5, 5.41) is 3.17. The van der Waals surface area contributed by atoms with Gasteiger partial charge in [0.05, 0.1) is 24.0 Å². The van der Waals surface area contributed by atoms with E-state index in [1.54, 1.807) is 24.3 Å². The number of sulfonamides is 1. The number of hydrogen-bond acceptors (Lipinski definition) is 4. The van der Waals surface area contributed by atoms with Crippen molar-refractivity contribution in [1.29, 1.82) is 0 Å². The van der Waals surface area contributed by atoms with Gasteiger partial charge in [-0.3, -0.25) is 4.79 Å². The number of carbonyl (C=O) groups is 1. The van der Waals surface area contributed by atoms with Crippen molar-refractivity contribution in [3.63, 3.8) is 0 Å². The van der Waals surface area contributed by atoms with E-state index >= 15 is 0 Å². The van der Waals surface area contributed by atoms with Crippen LogP contribution in [0.3, 0.4) is 0 Å². The van der Waals surface area contributed by atoms with Crippen molar-refractivity contribution in [2.75, 3.05) is 20.2 Å². The zero-order chi connectivity index (χ0) is 23.3. The molecule has 1 aliphatic rings. The highest BCUT2D eigenvalue weighted by Crippen LogP contribution is 2.27. The van der Waals surface area contributed by atoms with E-state index in [-0.39, 0.29) is 23.4 Å². The molecule has 172 valence electrons. The lowest BCUT2D eigenvalue weighted by Gasteiger charge is -2.32. The van der Waals surface area contributed by atoms with Crippen molar-refractivity contribution in [2.24, 2.45) is 5.92 Å². The van der Waals surface area contributed by atoms with Crippen LogP contribution in [0.5, 0.6) is 5.75 Å². The second-order valence-electron chi connectivity index (χ2n) is 8.14. The Morgan fingerprint density at radius 2 is 1.52 bits per heavy atom. The molecular weight excluding hydrogens is 436 g/mol. The minimum absolute atomic E-state index is 0.137. The zero-order valence-electron chi connectivity index (χ0n) is 18.6. The summed E-state index contributed by atoms with van der Waals surface area (Å²) in [6.45, 7) is 0.565. The van der Waals surface area contributed by atoms with E-state index in [1.165, 1.54) is 11.4 Å². The van der Waals surface area contributed by atoms with Gasteiger partial charge >= 0.3 is 0 Å². The lowest BCUT2D eigenvalue weighted by Crippen LogP contribution is -2.46. The molecule has 1 aliphatic heterocycles. The topological polar surface area (TPSA) is 75.7 Å². The first-order valence-electron chi connectivity index (χ1n) is 11.0. The maximum absolute atomic E-state index is 13.3. The minimum Gasteiger partial charge on any atom is -0.497 e. The fraction of sp³-hybridized carbons (Fsp3) is 0.269. The van der Waals surface area contributed by atoms with Crippen LogP contribution in [-0.4, -0.2) is 38.8 Å². The highest BCUT2D eigenvalue weighted by molar-refractivity contribution is 7.89. The Bertz CT molecular complexity index is 1130. The molecule has 1 heterocycles. The molecule has 1 saturated heterocycles. The van der Waals surface area contributed by atoms with Crippen LogP contribution in [0.4, 0.5) is 0 Å². The smallest absolute Gasteiger partial charge is 0.243 e. The van der Waals surface area contributed by atoms with E-state index in [0.717, 1.165) is 11.1 Å². The Kier molecular flexibility index (Phi) is 7.11. The van der Waals surface area contributed by atoms with E-state index in [2.05, 4.69) is 5.32 Å². The number of methoxy groups -OCH3 is 1. The quantitative estimate of drug-likeness (QED) is 0.573. The Morgan fingerprint density at radius 1 is 0.939 bits per heavy atom. The fourth-order valence-electron chi connectivity index (χ4n) is 4.18. The Labute approximate surface area is 195 Å². The van der Waals surface area contributed by atoms with Crippen LogP contribution in [0, 0.1) is 5.92 Å². The van der Waals surface area contributed by atoms with Gasteiger partial charge in [0.2, 0.25) is 15.9 Å². The summed E-state index contributed by atoms with van der Waals surface area (Å²) >= 11 is 0. The predicted molar refractivity (Wildman–Crippen MR) is 127 cm³/mol. The normalized spacial score (nSPS) is 17.0. The summed E-state index contributed by atoms with van der Waals surface area (Å²) in [5.41, 5.74) is 1.96. The third kappa shape index (κ3) is 5.26. The monoisotopic (exact) mass is 464 g/mol. The number of carbonyl (C=O) groups excluding carboxylic acids is 1. The van der Waals surface area contributed by atoms with Crippen LogP contribution < -0.4 is 10.1 Å². The number of benzene rings is 3. The average Bonchev–Trinajstić information content (AvgIpc) is 2.88. The van der Waals surface area contributed by atoms with Crippen LogP contribution in [0.15, 0.2) is 89.8 Å². The molecule has 4 rings (SSSR count). The molecule has 0 saturated carbocycles. The predicted octanol–water partition coefficient (Wildman–Crippen LogP) is 4.00. The summed E-state index contributed by atoms with van der Waals surface area (Å²) in [6, 6.07) is 25.6.